The van der Waals surface area contributed by atoms with Crippen LogP contribution in [0.15, 0.2) is 30.7 Å². The highest BCUT2D eigenvalue weighted by molar-refractivity contribution is 7.98. The lowest BCUT2D eigenvalue weighted by atomic mass is 10.2. The molecule has 1 atom stereocenters. The fourth-order valence-corrected chi connectivity index (χ4v) is 1.73. The van der Waals surface area contributed by atoms with Crippen molar-refractivity contribution in [2.75, 3.05) is 6.26 Å². The molecule has 2 heterocycles. The number of nitrogens with zero attached hydrogens (tertiary/aromatic N) is 2. The summed E-state index contributed by atoms with van der Waals surface area (Å²) in [5.74, 6) is 0. The number of imidazole rings is 1. The molecular formula is C10H12N2S. The van der Waals surface area contributed by atoms with Gasteiger partial charge in [-0.2, -0.15) is 11.8 Å². The van der Waals surface area contributed by atoms with Crippen molar-refractivity contribution in [3.05, 3.63) is 36.3 Å². The van der Waals surface area contributed by atoms with Crippen molar-refractivity contribution in [3.8, 4) is 0 Å². The van der Waals surface area contributed by atoms with Crippen LogP contribution in [0.1, 0.15) is 17.7 Å². The summed E-state index contributed by atoms with van der Waals surface area (Å²) >= 11 is 1.86. The summed E-state index contributed by atoms with van der Waals surface area (Å²) in [5.41, 5.74) is 2.36. The van der Waals surface area contributed by atoms with E-state index in [4.69, 9.17) is 0 Å². The SMILES string of the molecule is CSC(C)c1ccc2nccn2c1. The first kappa shape index (κ1) is 8.63. The minimum absolute atomic E-state index is 0.548. The molecule has 0 aliphatic heterocycles. The predicted octanol–water partition coefficient (Wildman–Crippen LogP) is 2.76. The average Bonchev–Trinajstić information content (AvgIpc) is 2.63. The van der Waals surface area contributed by atoms with Crippen LogP contribution in [0.25, 0.3) is 5.65 Å². The third kappa shape index (κ3) is 1.56. The molecule has 0 aliphatic rings. The van der Waals surface area contributed by atoms with Crippen LogP contribution in [0.5, 0.6) is 0 Å². The Kier molecular flexibility index (Phi) is 2.27. The molecule has 0 aromatic carbocycles. The van der Waals surface area contributed by atoms with Gasteiger partial charge in [0.2, 0.25) is 0 Å². The Balaban J connectivity index is 2.48. The van der Waals surface area contributed by atoms with E-state index in [-0.39, 0.29) is 0 Å². The molecule has 2 aromatic heterocycles. The number of hydrogen-bond acceptors (Lipinski definition) is 2. The average molecular weight is 192 g/mol. The van der Waals surface area contributed by atoms with E-state index in [1.807, 2.05) is 24.2 Å². The van der Waals surface area contributed by atoms with E-state index >= 15 is 0 Å². The maximum Gasteiger partial charge on any atom is 0.136 e. The molecule has 0 N–H and O–H groups in total. The highest BCUT2D eigenvalue weighted by Crippen LogP contribution is 2.25. The van der Waals surface area contributed by atoms with Gasteiger partial charge in [0.15, 0.2) is 0 Å². The molecular weight excluding hydrogens is 180 g/mol. The van der Waals surface area contributed by atoms with Gasteiger partial charge in [0.25, 0.3) is 0 Å². The lowest BCUT2D eigenvalue weighted by Crippen LogP contribution is -1.91. The van der Waals surface area contributed by atoms with Crippen molar-refractivity contribution in [1.82, 2.24) is 9.38 Å². The summed E-state index contributed by atoms with van der Waals surface area (Å²) < 4.78 is 2.06. The molecule has 0 bridgehead atoms. The van der Waals surface area contributed by atoms with Crippen LogP contribution in [-0.4, -0.2) is 15.6 Å². The van der Waals surface area contributed by atoms with Gasteiger partial charge in [0.05, 0.1) is 0 Å². The van der Waals surface area contributed by atoms with Crippen molar-refractivity contribution in [1.29, 1.82) is 0 Å². The highest BCUT2D eigenvalue weighted by atomic mass is 32.2. The van der Waals surface area contributed by atoms with Gasteiger partial charge in [-0.1, -0.05) is 6.07 Å². The third-order valence-electron chi connectivity index (χ3n) is 2.23. The van der Waals surface area contributed by atoms with Gasteiger partial charge in [-0.3, -0.25) is 0 Å². The minimum Gasteiger partial charge on any atom is -0.307 e. The van der Waals surface area contributed by atoms with E-state index in [1.165, 1.54) is 5.56 Å². The summed E-state index contributed by atoms with van der Waals surface area (Å²) in [6.45, 7) is 2.21. The number of thioether (sulfide) groups is 1. The van der Waals surface area contributed by atoms with Gasteiger partial charge in [-0.05, 0) is 24.8 Å². The second kappa shape index (κ2) is 3.42. The monoisotopic (exact) mass is 192 g/mol. The van der Waals surface area contributed by atoms with Crippen LogP contribution in [0.3, 0.4) is 0 Å². The van der Waals surface area contributed by atoms with Crippen LogP contribution in [-0.2, 0) is 0 Å². The van der Waals surface area contributed by atoms with Crippen LogP contribution >= 0.6 is 11.8 Å². The van der Waals surface area contributed by atoms with Crippen molar-refractivity contribution in [2.45, 2.75) is 12.2 Å². The number of hydrogen-bond donors (Lipinski definition) is 0. The van der Waals surface area contributed by atoms with E-state index in [2.05, 4.69) is 40.9 Å². The summed E-state index contributed by atoms with van der Waals surface area (Å²) in [7, 11) is 0. The first-order valence-electron chi connectivity index (χ1n) is 4.26. The molecule has 2 nitrogen and oxygen atoms in total. The Morgan fingerprint density at radius 2 is 2.31 bits per heavy atom. The van der Waals surface area contributed by atoms with Gasteiger partial charge in [0.1, 0.15) is 5.65 Å². The maximum atomic E-state index is 4.20. The van der Waals surface area contributed by atoms with E-state index in [1.54, 1.807) is 0 Å². The lowest BCUT2D eigenvalue weighted by molar-refractivity contribution is 1.05. The summed E-state index contributed by atoms with van der Waals surface area (Å²) in [5, 5.41) is 0.548. The standard InChI is InChI=1S/C10H12N2S/c1-8(13-2)9-3-4-10-11-5-6-12(10)7-9/h3-8H,1-2H3. The third-order valence-corrected chi connectivity index (χ3v) is 3.21. The van der Waals surface area contributed by atoms with Gasteiger partial charge in [-0.25, -0.2) is 4.98 Å². The first-order chi connectivity index (χ1) is 6.31. The second-order valence-corrected chi connectivity index (χ2v) is 4.21. The fraction of sp³-hybridized carbons (Fsp3) is 0.300. The molecule has 0 fully saturated rings. The van der Waals surface area contributed by atoms with E-state index < -0.39 is 0 Å². The second-order valence-electron chi connectivity index (χ2n) is 3.03. The zero-order valence-electron chi connectivity index (χ0n) is 7.77. The number of pyridine rings is 1. The van der Waals surface area contributed by atoms with Crippen molar-refractivity contribution in [2.24, 2.45) is 0 Å². The van der Waals surface area contributed by atoms with Crippen LogP contribution in [0.4, 0.5) is 0 Å². The normalized spacial score (nSPS) is 13.4. The largest absolute Gasteiger partial charge is 0.307 e. The van der Waals surface area contributed by atoms with Gasteiger partial charge < -0.3 is 4.40 Å². The van der Waals surface area contributed by atoms with Gasteiger partial charge >= 0.3 is 0 Å². The number of aromatic nitrogens is 2. The van der Waals surface area contributed by atoms with E-state index in [0.29, 0.717) is 5.25 Å². The summed E-state index contributed by atoms with van der Waals surface area (Å²) in [6, 6.07) is 4.20. The molecule has 0 saturated heterocycles. The number of rotatable bonds is 2. The maximum absolute atomic E-state index is 4.20. The van der Waals surface area contributed by atoms with Crippen molar-refractivity contribution >= 4 is 17.4 Å². The Hall–Kier alpha value is -0.960. The molecule has 0 spiro atoms. The zero-order valence-corrected chi connectivity index (χ0v) is 8.58. The number of fused-ring (bicyclic) bond motifs is 1. The van der Waals surface area contributed by atoms with E-state index in [9.17, 15) is 0 Å². The summed E-state index contributed by atoms with van der Waals surface area (Å²) in [6.07, 6.45) is 8.07. The minimum atomic E-state index is 0.548. The van der Waals surface area contributed by atoms with E-state index in [0.717, 1.165) is 5.65 Å². The molecule has 0 amide bonds. The smallest absolute Gasteiger partial charge is 0.136 e. The predicted molar refractivity (Wildman–Crippen MR) is 57.1 cm³/mol. The zero-order chi connectivity index (χ0) is 9.26. The van der Waals surface area contributed by atoms with Crippen molar-refractivity contribution in [3.63, 3.8) is 0 Å². The van der Waals surface area contributed by atoms with Crippen molar-refractivity contribution < 1.29 is 0 Å². The molecule has 68 valence electrons. The van der Waals surface area contributed by atoms with Crippen LogP contribution < -0.4 is 0 Å². The molecule has 3 heteroatoms. The molecule has 0 radical (unpaired) electrons. The molecule has 2 rings (SSSR count). The molecule has 1 unspecified atom stereocenters. The molecule has 0 aliphatic carbocycles. The fourth-order valence-electron chi connectivity index (χ4n) is 1.31. The first-order valence-corrected chi connectivity index (χ1v) is 5.55. The molecule has 0 saturated carbocycles. The Labute approximate surface area is 82.0 Å². The van der Waals surface area contributed by atoms with Crippen LogP contribution in [0, 0.1) is 0 Å². The highest BCUT2D eigenvalue weighted by Gasteiger charge is 2.03. The van der Waals surface area contributed by atoms with Gasteiger partial charge in [-0.15, -0.1) is 0 Å². The van der Waals surface area contributed by atoms with Gasteiger partial charge in [0, 0.05) is 23.8 Å². The Bertz CT molecular complexity index is 408. The van der Waals surface area contributed by atoms with Crippen LogP contribution in [0.2, 0.25) is 0 Å². The molecule has 2 aromatic rings. The topological polar surface area (TPSA) is 17.3 Å². The Morgan fingerprint density at radius 3 is 3.08 bits per heavy atom. The lowest BCUT2D eigenvalue weighted by Gasteiger charge is -2.08. The Morgan fingerprint density at radius 1 is 1.46 bits per heavy atom. The summed E-state index contributed by atoms with van der Waals surface area (Å²) in [4.78, 5) is 4.20. The molecule has 13 heavy (non-hydrogen) atoms. The quantitative estimate of drug-likeness (QED) is 0.728.